The second kappa shape index (κ2) is 5.06. The van der Waals surface area contributed by atoms with E-state index in [1.54, 1.807) is 6.20 Å². The smallest absolute Gasteiger partial charge is 0.282 e. The summed E-state index contributed by atoms with van der Waals surface area (Å²) < 4.78 is 29.6. The highest BCUT2D eigenvalue weighted by atomic mass is 32.2. The minimum atomic E-state index is -3.50. The number of aliphatic hydroxyl groups is 1. The van der Waals surface area contributed by atoms with Crippen molar-refractivity contribution in [3.63, 3.8) is 0 Å². The molecule has 3 rings (SSSR count). The normalized spacial score (nSPS) is 33.0. The Labute approximate surface area is 118 Å². The molecule has 112 valence electrons. The van der Waals surface area contributed by atoms with Crippen LogP contribution in [0.3, 0.4) is 0 Å². The van der Waals surface area contributed by atoms with Gasteiger partial charge in [0.1, 0.15) is 0 Å². The molecule has 0 aliphatic carbocycles. The van der Waals surface area contributed by atoms with Crippen molar-refractivity contribution in [2.75, 3.05) is 19.6 Å². The van der Waals surface area contributed by atoms with E-state index >= 15 is 0 Å². The van der Waals surface area contributed by atoms with Gasteiger partial charge in [0.25, 0.3) is 10.2 Å². The summed E-state index contributed by atoms with van der Waals surface area (Å²) in [5, 5.41) is 17.6. The average molecular weight is 301 g/mol. The van der Waals surface area contributed by atoms with E-state index in [0.717, 1.165) is 12.8 Å². The Hall–Kier alpha value is -1.03. The van der Waals surface area contributed by atoms with Gasteiger partial charge in [-0.3, -0.25) is 0 Å². The molecule has 2 aliphatic rings. The van der Waals surface area contributed by atoms with Crippen LogP contribution in [0.5, 0.6) is 0 Å². The molecule has 0 amide bonds. The zero-order valence-corrected chi connectivity index (χ0v) is 12.1. The molecule has 9 heteroatoms. The van der Waals surface area contributed by atoms with E-state index < -0.39 is 16.3 Å². The molecule has 20 heavy (non-hydrogen) atoms. The van der Waals surface area contributed by atoms with Crippen molar-refractivity contribution < 1.29 is 13.5 Å². The quantitative estimate of drug-likeness (QED) is 0.791. The summed E-state index contributed by atoms with van der Waals surface area (Å²) in [5.41, 5.74) is 0. The Morgan fingerprint density at radius 2 is 2.15 bits per heavy atom. The summed E-state index contributed by atoms with van der Waals surface area (Å²) in [6.07, 6.45) is 4.18. The van der Waals surface area contributed by atoms with Gasteiger partial charge in [-0.25, -0.2) is 4.68 Å². The van der Waals surface area contributed by atoms with Crippen molar-refractivity contribution in [2.24, 2.45) is 0 Å². The van der Waals surface area contributed by atoms with E-state index in [9.17, 15) is 13.5 Å². The van der Waals surface area contributed by atoms with Gasteiger partial charge in [0.05, 0.1) is 18.3 Å². The highest BCUT2D eigenvalue weighted by molar-refractivity contribution is 7.86. The van der Waals surface area contributed by atoms with Gasteiger partial charge >= 0.3 is 0 Å². The minimum Gasteiger partial charge on any atom is -0.389 e. The molecule has 3 atom stereocenters. The van der Waals surface area contributed by atoms with Gasteiger partial charge in [0.15, 0.2) is 0 Å². The molecule has 3 heterocycles. The SMILES string of the molecule is CC1CCCN1S(=O)(=O)N1C[C@@H](O)[C@H](n2ccnn2)C1. The van der Waals surface area contributed by atoms with Crippen molar-refractivity contribution in [3.05, 3.63) is 12.4 Å². The number of hydrogen-bond acceptors (Lipinski definition) is 5. The van der Waals surface area contributed by atoms with Crippen LogP contribution in [0.1, 0.15) is 25.8 Å². The molecular formula is C11H19N5O3S. The Morgan fingerprint density at radius 1 is 1.35 bits per heavy atom. The van der Waals surface area contributed by atoms with Crippen molar-refractivity contribution >= 4 is 10.2 Å². The number of aliphatic hydroxyl groups excluding tert-OH is 1. The second-order valence-corrected chi connectivity index (χ2v) is 7.33. The number of aromatic nitrogens is 3. The molecule has 1 unspecified atom stereocenters. The fraction of sp³-hybridized carbons (Fsp3) is 0.818. The van der Waals surface area contributed by atoms with Crippen LogP contribution in [0.25, 0.3) is 0 Å². The lowest BCUT2D eigenvalue weighted by molar-refractivity contribution is 0.141. The summed E-state index contributed by atoms with van der Waals surface area (Å²) >= 11 is 0. The predicted molar refractivity (Wildman–Crippen MR) is 71.0 cm³/mol. The number of hydrogen-bond donors (Lipinski definition) is 1. The summed E-state index contributed by atoms with van der Waals surface area (Å²) in [5.74, 6) is 0. The Kier molecular flexibility index (Phi) is 3.53. The lowest BCUT2D eigenvalue weighted by atomic mass is 10.2. The first-order chi connectivity index (χ1) is 9.50. The number of β-amino-alcohol motifs (C(OH)–C–C–N with tert-alkyl or cyclic N) is 1. The molecule has 2 aliphatic heterocycles. The minimum absolute atomic E-state index is 0.0302. The molecule has 0 aromatic carbocycles. The van der Waals surface area contributed by atoms with Crippen LogP contribution >= 0.6 is 0 Å². The molecule has 1 aromatic heterocycles. The fourth-order valence-corrected chi connectivity index (χ4v) is 4.87. The van der Waals surface area contributed by atoms with Gasteiger partial charge in [-0.1, -0.05) is 5.21 Å². The van der Waals surface area contributed by atoms with E-state index in [1.165, 1.54) is 19.5 Å². The zero-order chi connectivity index (χ0) is 14.3. The van der Waals surface area contributed by atoms with Crippen LogP contribution in [0.15, 0.2) is 12.4 Å². The molecule has 0 radical (unpaired) electrons. The molecular weight excluding hydrogens is 282 g/mol. The average Bonchev–Trinajstić information content (AvgIpc) is 3.07. The Balaban J connectivity index is 1.79. The van der Waals surface area contributed by atoms with Gasteiger partial charge in [-0.2, -0.15) is 17.0 Å². The van der Waals surface area contributed by atoms with Gasteiger partial charge in [-0.15, -0.1) is 5.10 Å². The van der Waals surface area contributed by atoms with Crippen LogP contribution in [0.4, 0.5) is 0 Å². The van der Waals surface area contributed by atoms with Gasteiger partial charge in [0.2, 0.25) is 0 Å². The lowest BCUT2D eigenvalue weighted by Gasteiger charge is -2.26. The highest BCUT2D eigenvalue weighted by Gasteiger charge is 2.43. The fourth-order valence-electron chi connectivity index (χ4n) is 2.98. The molecule has 0 spiro atoms. The standard InChI is InChI=1S/C11H19N5O3S/c1-9-3-2-5-16(9)20(18,19)14-7-10(11(17)8-14)15-6-4-12-13-15/h4,6,9-11,17H,2-3,5,7-8H2,1H3/t9?,10-,11-/m1/s1. The maximum atomic E-state index is 12.6. The molecule has 1 N–H and O–H groups in total. The molecule has 1 aromatic rings. The van der Waals surface area contributed by atoms with E-state index in [2.05, 4.69) is 10.3 Å². The summed E-state index contributed by atoms with van der Waals surface area (Å²) in [6.45, 7) is 2.82. The lowest BCUT2D eigenvalue weighted by Crippen LogP contribution is -2.44. The third-order valence-corrected chi connectivity index (χ3v) is 6.21. The zero-order valence-electron chi connectivity index (χ0n) is 11.3. The first-order valence-corrected chi connectivity index (χ1v) is 8.20. The molecule has 0 saturated carbocycles. The topological polar surface area (TPSA) is 91.6 Å². The van der Waals surface area contributed by atoms with Crippen molar-refractivity contribution in [1.29, 1.82) is 0 Å². The highest BCUT2D eigenvalue weighted by Crippen LogP contribution is 2.29. The van der Waals surface area contributed by atoms with Gasteiger partial charge in [-0.05, 0) is 19.8 Å². The summed E-state index contributed by atoms with van der Waals surface area (Å²) in [7, 11) is -3.50. The second-order valence-electron chi connectivity index (χ2n) is 5.44. The third-order valence-electron chi connectivity index (χ3n) is 4.12. The van der Waals surface area contributed by atoms with Crippen LogP contribution in [0, 0.1) is 0 Å². The van der Waals surface area contributed by atoms with E-state index in [4.69, 9.17) is 0 Å². The van der Waals surface area contributed by atoms with Crippen LogP contribution in [-0.4, -0.2) is 68.9 Å². The van der Waals surface area contributed by atoms with Crippen LogP contribution in [-0.2, 0) is 10.2 Å². The third kappa shape index (κ3) is 2.24. The van der Waals surface area contributed by atoms with Crippen molar-refractivity contribution in [3.8, 4) is 0 Å². The maximum absolute atomic E-state index is 12.6. The molecule has 0 bridgehead atoms. The monoisotopic (exact) mass is 301 g/mol. The summed E-state index contributed by atoms with van der Waals surface area (Å²) in [6, 6.07) is -0.340. The number of nitrogens with zero attached hydrogens (tertiary/aromatic N) is 5. The van der Waals surface area contributed by atoms with E-state index in [-0.39, 0.29) is 25.2 Å². The largest absolute Gasteiger partial charge is 0.389 e. The maximum Gasteiger partial charge on any atom is 0.282 e. The van der Waals surface area contributed by atoms with E-state index in [1.807, 2.05) is 6.92 Å². The Morgan fingerprint density at radius 3 is 2.75 bits per heavy atom. The molecule has 2 saturated heterocycles. The van der Waals surface area contributed by atoms with Crippen LogP contribution < -0.4 is 0 Å². The molecule has 2 fully saturated rings. The first kappa shape index (κ1) is 13.9. The predicted octanol–water partition coefficient (Wildman–Crippen LogP) is -0.775. The first-order valence-electron chi connectivity index (χ1n) is 6.81. The van der Waals surface area contributed by atoms with Crippen molar-refractivity contribution in [1.82, 2.24) is 23.6 Å². The van der Waals surface area contributed by atoms with Crippen LogP contribution in [0.2, 0.25) is 0 Å². The van der Waals surface area contributed by atoms with Gasteiger partial charge < -0.3 is 5.11 Å². The summed E-state index contributed by atoms with van der Waals surface area (Å²) in [4.78, 5) is 0. The van der Waals surface area contributed by atoms with Crippen molar-refractivity contribution in [2.45, 2.75) is 38.0 Å². The number of rotatable bonds is 3. The molecule has 8 nitrogen and oxygen atoms in total. The van der Waals surface area contributed by atoms with Gasteiger partial charge in [0, 0.05) is 31.9 Å². The Bertz CT molecular complexity index is 561. The van der Waals surface area contributed by atoms with E-state index in [0.29, 0.717) is 6.54 Å².